The van der Waals surface area contributed by atoms with Gasteiger partial charge in [-0.15, -0.1) is 0 Å². The Hall–Kier alpha value is -1.93. The van der Waals surface area contributed by atoms with E-state index in [4.69, 9.17) is 16.3 Å². The molecule has 2 rings (SSSR count). The van der Waals surface area contributed by atoms with E-state index >= 15 is 0 Å². The molecule has 1 N–H and O–H groups in total. The highest BCUT2D eigenvalue weighted by atomic mass is 35.5. The van der Waals surface area contributed by atoms with E-state index in [-0.39, 0.29) is 29.2 Å². The Balaban J connectivity index is 1.84. The standard InChI is InChI=1S/C18H28ClN5O3/c1-12-9-23(10-13(2)24(12)17(26)27-18(3,4)5)7-6-16(25)22-15-8-14(19)20-11-21-15/h8,11-13H,6-7,9-10H2,1-5H3,(H,20,21,22,25)/t12-,13+. The van der Waals surface area contributed by atoms with Crippen molar-refractivity contribution in [2.45, 2.75) is 58.7 Å². The third-order valence-corrected chi connectivity index (χ3v) is 4.36. The summed E-state index contributed by atoms with van der Waals surface area (Å²) >= 11 is 5.79. The van der Waals surface area contributed by atoms with Crippen LogP contribution in [0.5, 0.6) is 0 Å². The maximum absolute atomic E-state index is 12.4. The molecule has 2 atom stereocenters. The molecule has 1 aromatic rings. The van der Waals surface area contributed by atoms with Crippen molar-refractivity contribution < 1.29 is 14.3 Å². The minimum atomic E-state index is -0.518. The second-order valence-electron chi connectivity index (χ2n) is 7.87. The van der Waals surface area contributed by atoms with Gasteiger partial charge in [-0.25, -0.2) is 14.8 Å². The SMILES string of the molecule is C[C@@H]1CN(CCC(=O)Nc2cc(Cl)ncn2)C[C@H](C)N1C(=O)OC(C)(C)C. The smallest absolute Gasteiger partial charge is 0.410 e. The van der Waals surface area contributed by atoms with Crippen molar-refractivity contribution in [2.75, 3.05) is 25.0 Å². The maximum Gasteiger partial charge on any atom is 0.410 e. The summed E-state index contributed by atoms with van der Waals surface area (Å²) in [6.45, 7) is 11.6. The van der Waals surface area contributed by atoms with E-state index in [0.29, 0.717) is 31.9 Å². The Morgan fingerprint density at radius 3 is 2.44 bits per heavy atom. The second-order valence-corrected chi connectivity index (χ2v) is 8.26. The monoisotopic (exact) mass is 397 g/mol. The van der Waals surface area contributed by atoms with Gasteiger partial charge in [-0.2, -0.15) is 0 Å². The first-order valence-electron chi connectivity index (χ1n) is 9.06. The second kappa shape index (κ2) is 8.84. The summed E-state index contributed by atoms with van der Waals surface area (Å²) in [7, 11) is 0. The first-order chi connectivity index (χ1) is 12.5. The first kappa shape index (κ1) is 21.4. The van der Waals surface area contributed by atoms with Crippen LogP contribution in [0.1, 0.15) is 41.0 Å². The number of nitrogens with zero attached hydrogens (tertiary/aromatic N) is 4. The van der Waals surface area contributed by atoms with E-state index in [1.165, 1.54) is 12.4 Å². The molecular formula is C18H28ClN5O3. The molecule has 150 valence electrons. The summed E-state index contributed by atoms with van der Waals surface area (Å²) in [5.41, 5.74) is -0.518. The average Bonchev–Trinajstić information content (AvgIpc) is 2.50. The summed E-state index contributed by atoms with van der Waals surface area (Å²) in [5.74, 6) is 0.246. The Bertz CT molecular complexity index is 667. The maximum atomic E-state index is 12.4. The van der Waals surface area contributed by atoms with E-state index in [0.717, 1.165) is 0 Å². The molecule has 2 amide bonds. The normalized spacial score (nSPS) is 21.0. The lowest BCUT2D eigenvalue weighted by Gasteiger charge is -2.44. The van der Waals surface area contributed by atoms with E-state index in [2.05, 4.69) is 20.2 Å². The molecule has 1 saturated heterocycles. The molecule has 1 aliphatic rings. The van der Waals surface area contributed by atoms with Crippen molar-refractivity contribution in [3.05, 3.63) is 17.5 Å². The molecule has 8 nitrogen and oxygen atoms in total. The number of amides is 2. The number of hydrogen-bond acceptors (Lipinski definition) is 6. The highest BCUT2D eigenvalue weighted by Crippen LogP contribution is 2.20. The Kier molecular flexibility index (Phi) is 7.00. The number of anilines is 1. The van der Waals surface area contributed by atoms with Gasteiger partial charge < -0.3 is 15.0 Å². The minimum absolute atomic E-state index is 0.00679. The molecule has 0 aliphatic carbocycles. The van der Waals surface area contributed by atoms with Crippen molar-refractivity contribution in [1.82, 2.24) is 19.8 Å². The van der Waals surface area contributed by atoms with Crippen LogP contribution in [0.15, 0.2) is 12.4 Å². The summed E-state index contributed by atoms with van der Waals surface area (Å²) in [5, 5.41) is 2.99. The lowest BCUT2D eigenvalue weighted by atomic mass is 10.1. The van der Waals surface area contributed by atoms with Crippen LogP contribution in [0.25, 0.3) is 0 Å². The van der Waals surface area contributed by atoms with Crippen LogP contribution in [0, 0.1) is 0 Å². The van der Waals surface area contributed by atoms with Gasteiger partial charge in [0.25, 0.3) is 0 Å². The summed E-state index contributed by atoms with van der Waals surface area (Å²) < 4.78 is 5.51. The predicted molar refractivity (Wildman–Crippen MR) is 104 cm³/mol. The largest absolute Gasteiger partial charge is 0.444 e. The third kappa shape index (κ3) is 6.62. The minimum Gasteiger partial charge on any atom is -0.444 e. The number of carbonyl (C=O) groups is 2. The van der Waals surface area contributed by atoms with Crippen LogP contribution >= 0.6 is 11.6 Å². The van der Waals surface area contributed by atoms with Crippen LogP contribution in [0.3, 0.4) is 0 Å². The molecule has 0 aromatic carbocycles. The van der Waals surface area contributed by atoms with Gasteiger partial charge in [0.1, 0.15) is 22.9 Å². The number of hydrogen-bond donors (Lipinski definition) is 1. The van der Waals surface area contributed by atoms with Gasteiger partial charge in [0, 0.05) is 44.2 Å². The highest BCUT2D eigenvalue weighted by Gasteiger charge is 2.35. The van der Waals surface area contributed by atoms with Crippen molar-refractivity contribution >= 4 is 29.4 Å². The molecule has 0 saturated carbocycles. The number of nitrogens with one attached hydrogen (secondary N) is 1. The quantitative estimate of drug-likeness (QED) is 0.786. The van der Waals surface area contributed by atoms with Crippen LogP contribution in [0.2, 0.25) is 5.15 Å². The topological polar surface area (TPSA) is 87.7 Å². The number of ether oxygens (including phenoxy) is 1. The Morgan fingerprint density at radius 1 is 1.26 bits per heavy atom. The van der Waals surface area contributed by atoms with Crippen LogP contribution in [-0.2, 0) is 9.53 Å². The van der Waals surface area contributed by atoms with Gasteiger partial charge in [0.2, 0.25) is 5.91 Å². The van der Waals surface area contributed by atoms with Gasteiger partial charge in [0.05, 0.1) is 0 Å². The van der Waals surface area contributed by atoms with Gasteiger partial charge in [-0.05, 0) is 34.6 Å². The number of aromatic nitrogens is 2. The zero-order valence-corrected chi connectivity index (χ0v) is 17.3. The van der Waals surface area contributed by atoms with Crippen molar-refractivity contribution in [1.29, 1.82) is 0 Å². The van der Waals surface area contributed by atoms with Gasteiger partial charge >= 0.3 is 6.09 Å². The fourth-order valence-electron chi connectivity index (χ4n) is 3.16. The molecule has 0 bridgehead atoms. The fourth-order valence-corrected chi connectivity index (χ4v) is 3.30. The average molecular weight is 398 g/mol. The number of carbonyl (C=O) groups excluding carboxylic acids is 2. The van der Waals surface area contributed by atoms with Gasteiger partial charge in [0.15, 0.2) is 0 Å². The van der Waals surface area contributed by atoms with Gasteiger partial charge in [-0.3, -0.25) is 9.69 Å². The molecular weight excluding hydrogens is 370 g/mol. The molecule has 2 heterocycles. The summed E-state index contributed by atoms with van der Waals surface area (Å²) in [4.78, 5) is 36.3. The van der Waals surface area contributed by atoms with Gasteiger partial charge in [-0.1, -0.05) is 11.6 Å². The zero-order valence-electron chi connectivity index (χ0n) is 16.5. The van der Waals surface area contributed by atoms with E-state index in [1.54, 1.807) is 4.90 Å². The molecule has 1 fully saturated rings. The predicted octanol–water partition coefficient (Wildman–Crippen LogP) is 2.79. The Morgan fingerprint density at radius 2 is 1.89 bits per heavy atom. The van der Waals surface area contributed by atoms with Crippen LogP contribution in [-0.4, -0.2) is 69.1 Å². The first-order valence-corrected chi connectivity index (χ1v) is 9.44. The van der Waals surface area contributed by atoms with Crippen molar-refractivity contribution in [3.8, 4) is 0 Å². The highest BCUT2D eigenvalue weighted by molar-refractivity contribution is 6.29. The van der Waals surface area contributed by atoms with Crippen molar-refractivity contribution in [3.63, 3.8) is 0 Å². The molecule has 0 radical (unpaired) electrons. The molecule has 9 heteroatoms. The number of piperazine rings is 1. The number of halogens is 1. The van der Waals surface area contributed by atoms with E-state index in [9.17, 15) is 9.59 Å². The summed E-state index contributed by atoms with van der Waals surface area (Å²) in [6, 6.07) is 1.52. The molecule has 0 spiro atoms. The van der Waals surface area contributed by atoms with E-state index < -0.39 is 5.60 Å². The fraction of sp³-hybridized carbons (Fsp3) is 0.667. The number of rotatable bonds is 4. The zero-order chi connectivity index (χ0) is 20.2. The van der Waals surface area contributed by atoms with Crippen LogP contribution < -0.4 is 5.32 Å². The van der Waals surface area contributed by atoms with Crippen LogP contribution in [0.4, 0.5) is 10.6 Å². The Labute approximate surface area is 165 Å². The molecule has 1 aromatic heterocycles. The molecule has 1 aliphatic heterocycles. The lowest BCUT2D eigenvalue weighted by molar-refractivity contribution is -0.116. The third-order valence-electron chi connectivity index (χ3n) is 4.16. The van der Waals surface area contributed by atoms with Crippen molar-refractivity contribution in [2.24, 2.45) is 0 Å². The summed E-state index contributed by atoms with van der Waals surface area (Å²) in [6.07, 6.45) is 1.34. The van der Waals surface area contributed by atoms with E-state index in [1.807, 2.05) is 34.6 Å². The molecule has 0 unspecified atom stereocenters. The molecule has 27 heavy (non-hydrogen) atoms. The lowest BCUT2D eigenvalue weighted by Crippen LogP contribution is -2.59.